The van der Waals surface area contributed by atoms with E-state index < -0.39 is 5.41 Å². The van der Waals surface area contributed by atoms with Crippen LogP contribution in [-0.4, -0.2) is 0 Å². The molecule has 1 unspecified atom stereocenters. The maximum Gasteiger partial charge on any atom is 0.0722 e. The van der Waals surface area contributed by atoms with Gasteiger partial charge in [0, 0.05) is 0 Å². The molecule has 0 fully saturated rings. The van der Waals surface area contributed by atoms with Crippen LogP contribution in [0.4, 0.5) is 0 Å². The summed E-state index contributed by atoms with van der Waals surface area (Å²) in [5.41, 5.74) is 18.7. The van der Waals surface area contributed by atoms with Gasteiger partial charge in [-0.05, 0) is 137 Å². The van der Waals surface area contributed by atoms with Crippen LogP contribution in [0, 0.1) is 6.92 Å². The van der Waals surface area contributed by atoms with Crippen LogP contribution in [0.5, 0.6) is 0 Å². The number of hydrogen-bond acceptors (Lipinski definition) is 0. The van der Waals surface area contributed by atoms with Crippen molar-refractivity contribution in [3.8, 4) is 22.3 Å². The van der Waals surface area contributed by atoms with E-state index in [4.69, 9.17) is 0 Å². The Hall–Kier alpha value is -5.46. The van der Waals surface area contributed by atoms with Crippen LogP contribution in [0.1, 0.15) is 68.0 Å². The van der Waals surface area contributed by atoms with Crippen molar-refractivity contribution in [2.75, 3.05) is 0 Å². The quantitative estimate of drug-likeness (QED) is 0.133. The highest BCUT2D eigenvalue weighted by Gasteiger charge is 2.53. The third-order valence-electron chi connectivity index (χ3n) is 10.0. The Labute approximate surface area is 293 Å². The van der Waals surface area contributed by atoms with E-state index in [-0.39, 0.29) is 0 Å². The molecule has 5 aromatic rings. The van der Waals surface area contributed by atoms with E-state index in [1.165, 1.54) is 83.1 Å². The highest BCUT2D eigenvalue weighted by molar-refractivity contribution is 6.10. The third kappa shape index (κ3) is 5.15. The zero-order valence-corrected chi connectivity index (χ0v) is 29.8. The van der Waals surface area contributed by atoms with Crippen LogP contribution in [0.3, 0.4) is 0 Å². The van der Waals surface area contributed by atoms with Gasteiger partial charge in [0.2, 0.25) is 0 Å². The molecule has 49 heavy (non-hydrogen) atoms. The highest BCUT2D eigenvalue weighted by atomic mass is 14.5. The summed E-state index contributed by atoms with van der Waals surface area (Å²) >= 11 is 0. The predicted molar refractivity (Wildman–Crippen MR) is 216 cm³/mol. The molecule has 5 aromatic carbocycles. The van der Waals surface area contributed by atoms with Gasteiger partial charge in [-0.1, -0.05) is 146 Å². The van der Waals surface area contributed by atoms with Crippen molar-refractivity contribution in [1.29, 1.82) is 0 Å². The molecule has 7 rings (SSSR count). The lowest BCUT2D eigenvalue weighted by Crippen LogP contribution is -2.26. The van der Waals surface area contributed by atoms with E-state index in [0.717, 1.165) is 11.1 Å². The SMILES string of the molecule is C=C/C=C(\C(C=C)=C(C)C)c1ccc(-c2ccc(C)cc2)c2cc3c(cc12)C1(C(=C/C)/C(=C\C)c2ccccc21)c1ccccc1-3.C=CC. The number of allylic oxidation sites excluding steroid dienone is 11. The van der Waals surface area contributed by atoms with Crippen LogP contribution in [-0.2, 0) is 5.41 Å². The van der Waals surface area contributed by atoms with Crippen molar-refractivity contribution in [2.45, 2.75) is 47.0 Å². The Balaban J connectivity index is 0.00000134. The smallest absolute Gasteiger partial charge is 0.0722 e. The van der Waals surface area contributed by atoms with Crippen molar-refractivity contribution in [1.82, 2.24) is 0 Å². The molecule has 242 valence electrons. The molecule has 0 bridgehead atoms. The molecule has 2 aliphatic rings. The fourth-order valence-corrected chi connectivity index (χ4v) is 8.16. The van der Waals surface area contributed by atoms with Crippen molar-refractivity contribution in [2.24, 2.45) is 0 Å². The molecule has 0 nitrogen and oxygen atoms in total. The second-order valence-electron chi connectivity index (χ2n) is 13.1. The van der Waals surface area contributed by atoms with Crippen LogP contribution in [0.25, 0.3) is 44.2 Å². The highest BCUT2D eigenvalue weighted by Crippen LogP contribution is 2.64. The minimum Gasteiger partial charge on any atom is -0.103 e. The van der Waals surface area contributed by atoms with Gasteiger partial charge < -0.3 is 0 Å². The average Bonchev–Trinajstić information content (AvgIpc) is 3.57. The molecule has 2 aliphatic carbocycles. The van der Waals surface area contributed by atoms with Gasteiger partial charge in [-0.2, -0.15) is 0 Å². The lowest BCUT2D eigenvalue weighted by atomic mass is 9.69. The monoisotopic (exact) mass is 634 g/mol. The largest absolute Gasteiger partial charge is 0.103 e. The lowest BCUT2D eigenvalue weighted by molar-refractivity contribution is 0.794. The van der Waals surface area contributed by atoms with Crippen molar-refractivity contribution >= 4 is 21.9 Å². The first-order valence-electron chi connectivity index (χ1n) is 17.2. The van der Waals surface area contributed by atoms with E-state index in [1.54, 1.807) is 6.08 Å². The molecule has 0 heteroatoms. The zero-order chi connectivity index (χ0) is 34.9. The molecule has 1 spiro atoms. The van der Waals surface area contributed by atoms with E-state index in [2.05, 4.69) is 170 Å². The van der Waals surface area contributed by atoms with Gasteiger partial charge in [0.1, 0.15) is 0 Å². The van der Waals surface area contributed by atoms with Gasteiger partial charge in [-0.15, -0.1) is 6.58 Å². The maximum absolute atomic E-state index is 4.22. The minimum absolute atomic E-state index is 0.398. The summed E-state index contributed by atoms with van der Waals surface area (Å²) < 4.78 is 0. The Morgan fingerprint density at radius 2 is 1.27 bits per heavy atom. The number of hydrogen-bond donors (Lipinski definition) is 0. The molecule has 1 atom stereocenters. The Morgan fingerprint density at radius 3 is 1.86 bits per heavy atom. The molecule has 0 N–H and O–H groups in total. The van der Waals surface area contributed by atoms with Crippen LogP contribution in [0.2, 0.25) is 0 Å². The molecule has 0 aromatic heterocycles. The summed E-state index contributed by atoms with van der Waals surface area (Å²) in [6, 6.07) is 36.6. The Bertz CT molecular complexity index is 2250. The van der Waals surface area contributed by atoms with Gasteiger partial charge >= 0.3 is 0 Å². The first-order chi connectivity index (χ1) is 23.8. The normalized spacial score (nSPS) is 17.3. The lowest BCUT2D eigenvalue weighted by Gasteiger charge is -2.31. The van der Waals surface area contributed by atoms with Gasteiger partial charge in [0.25, 0.3) is 0 Å². The Morgan fingerprint density at radius 1 is 0.633 bits per heavy atom. The minimum atomic E-state index is -0.398. The predicted octanol–water partition coefficient (Wildman–Crippen LogP) is 13.8. The molecular weight excluding hydrogens is 589 g/mol. The Kier molecular flexibility index (Phi) is 9.26. The molecule has 0 amide bonds. The van der Waals surface area contributed by atoms with Gasteiger partial charge in [0.15, 0.2) is 0 Å². The standard InChI is InChI=1S/C46H40.C3H6/c1-8-16-35(32(9-2)29(5)6)36-26-25-34(31-23-21-30(7)22-24-31)39-27-41-38-18-13-15-20-44(38)46(45(41)28-40(36)39)42(11-4)33(10-3)37-17-12-14-19-43(37)46;1-3-2/h8-28H,1-2H2,3-7H3;3H,1H2,2H3/b33-10-,35-16+,42-11+;. The summed E-state index contributed by atoms with van der Waals surface area (Å²) in [6.45, 7) is 24.4. The van der Waals surface area contributed by atoms with Crippen molar-refractivity contribution in [3.05, 3.63) is 203 Å². The zero-order valence-electron chi connectivity index (χ0n) is 29.8. The third-order valence-corrected chi connectivity index (χ3v) is 10.0. The molecular formula is C49H46. The first-order valence-corrected chi connectivity index (χ1v) is 17.2. The summed E-state index contributed by atoms with van der Waals surface area (Å²) in [4.78, 5) is 0. The number of benzene rings is 5. The average molecular weight is 635 g/mol. The van der Waals surface area contributed by atoms with E-state index in [1.807, 2.05) is 19.1 Å². The fraction of sp³-hybridized carbons (Fsp3) is 0.143. The van der Waals surface area contributed by atoms with Crippen LogP contribution >= 0.6 is 0 Å². The van der Waals surface area contributed by atoms with Crippen LogP contribution in [0.15, 0.2) is 170 Å². The van der Waals surface area contributed by atoms with Gasteiger partial charge in [-0.25, -0.2) is 0 Å². The molecule has 0 aliphatic heterocycles. The van der Waals surface area contributed by atoms with Crippen molar-refractivity contribution < 1.29 is 0 Å². The number of aryl methyl sites for hydroxylation is 1. The molecule has 0 saturated heterocycles. The van der Waals surface area contributed by atoms with E-state index in [0.29, 0.717) is 0 Å². The van der Waals surface area contributed by atoms with E-state index >= 15 is 0 Å². The molecule has 0 radical (unpaired) electrons. The summed E-state index contributed by atoms with van der Waals surface area (Å²) in [6.07, 6.45) is 12.4. The second-order valence-corrected chi connectivity index (χ2v) is 13.1. The summed E-state index contributed by atoms with van der Waals surface area (Å²) in [5, 5.41) is 2.48. The fourth-order valence-electron chi connectivity index (χ4n) is 8.16. The van der Waals surface area contributed by atoms with Gasteiger partial charge in [-0.3, -0.25) is 0 Å². The number of rotatable bonds is 5. The second kappa shape index (κ2) is 13.6. The molecule has 0 saturated carbocycles. The van der Waals surface area contributed by atoms with Crippen LogP contribution < -0.4 is 0 Å². The summed E-state index contributed by atoms with van der Waals surface area (Å²) in [5.74, 6) is 0. The maximum atomic E-state index is 4.22. The topological polar surface area (TPSA) is 0 Å². The first kappa shape index (κ1) is 33.4. The van der Waals surface area contributed by atoms with E-state index in [9.17, 15) is 0 Å². The van der Waals surface area contributed by atoms with Crippen molar-refractivity contribution in [3.63, 3.8) is 0 Å². The molecule has 0 heterocycles. The number of fused-ring (bicyclic) bond motifs is 8. The summed E-state index contributed by atoms with van der Waals surface area (Å²) in [7, 11) is 0. The van der Waals surface area contributed by atoms with Gasteiger partial charge in [0.05, 0.1) is 5.41 Å².